The summed E-state index contributed by atoms with van der Waals surface area (Å²) in [4.78, 5) is 103. The molecule has 24 nitrogen and oxygen atoms in total. The fourth-order valence-electron chi connectivity index (χ4n) is 11.6. The number of carboxylic acids is 1. The number of fused-ring (bicyclic) bond motifs is 1. The van der Waals surface area contributed by atoms with Crippen molar-refractivity contribution in [2.75, 3.05) is 55.9 Å². The van der Waals surface area contributed by atoms with Crippen molar-refractivity contribution in [3.05, 3.63) is 168 Å². The van der Waals surface area contributed by atoms with Gasteiger partial charge in [0.05, 0.1) is 49.7 Å². The van der Waals surface area contributed by atoms with Crippen molar-refractivity contribution in [2.24, 2.45) is 0 Å². The minimum Gasteiger partial charge on any atom is -0.477 e. The average Bonchev–Trinajstić information content (AvgIpc) is 0.818. The van der Waals surface area contributed by atoms with Crippen molar-refractivity contribution in [1.29, 1.82) is 0 Å². The van der Waals surface area contributed by atoms with Crippen LogP contribution in [0.3, 0.4) is 0 Å². The number of carbonyl (C=O) groups is 8. The Kier molecular flexibility index (Phi) is 27.8. The maximum atomic E-state index is 13.7. The zero-order valence-electron chi connectivity index (χ0n) is 53.7. The van der Waals surface area contributed by atoms with Gasteiger partial charge in [-0.2, -0.15) is 23.5 Å². The van der Waals surface area contributed by atoms with Crippen LogP contribution in [-0.2, 0) is 38.1 Å². The molecule has 0 unspecified atom stereocenters. The summed E-state index contributed by atoms with van der Waals surface area (Å²) >= 11 is 2.99. The van der Waals surface area contributed by atoms with E-state index in [-0.39, 0.29) is 43.4 Å². The normalized spacial score (nSPS) is 22.0. The predicted octanol–water partition coefficient (Wildman–Crippen LogP) is 4.44. The topological polar surface area (TPSA) is 375 Å². The number of aliphatic carboxylic acids is 1. The van der Waals surface area contributed by atoms with E-state index in [2.05, 4.69) is 26.6 Å². The van der Waals surface area contributed by atoms with Gasteiger partial charge in [-0.15, -0.1) is 0 Å². The lowest BCUT2D eigenvalue weighted by atomic mass is 9.88. The molecule has 0 spiro atoms. The van der Waals surface area contributed by atoms with E-state index in [0.29, 0.717) is 76.0 Å². The number of aliphatic hydroxyl groups excluding tert-OH is 6. The lowest BCUT2D eigenvalue weighted by Crippen LogP contribution is -2.68. The second-order valence-corrected chi connectivity index (χ2v) is 26.1. The summed E-state index contributed by atoms with van der Waals surface area (Å²) in [6.45, 7) is 1.50. The molecule has 0 saturated carbocycles. The van der Waals surface area contributed by atoms with Crippen LogP contribution in [-0.4, -0.2) is 212 Å². The van der Waals surface area contributed by atoms with Crippen molar-refractivity contribution >= 4 is 81.9 Å². The summed E-state index contributed by atoms with van der Waals surface area (Å²) in [6, 6.07) is 40.3. The standard InChI is InChI=1S/C71H83N5O19S2/c1-43(78)75-60-56(81)38-70(42-77,94-64(60)62(85)58(83)40-73-66(87)49-25-21-47(22-26-49)45-14-5-3-6-15-45)92-32-12-36-97-37-31-72-68(89)54-30-29-53(51-18-9-10-19-52(51)54)55(80)20-11-34-96-35-13-33-93-71(69(90)91)39-57(82)61(76-44(2)79)65(95-71)63(86)59(84)41-74-67(88)50-27-23-48(24-28-50)46-16-7-4-8-17-46/h3-10,14-19,21-30,42,56-65,81-86H,11-13,20,31-41H2,1-2H3,(H,72,89)(H,73,87)(H,74,88)(H,75,78)(H,76,79)(H,90,91)/t56-,57-,58+,59+,60+,61+,62+,63+,64+,65+,70+,71+/m0/s1. The second-order valence-electron chi connectivity index (χ2n) is 23.7. The summed E-state index contributed by atoms with van der Waals surface area (Å²) in [5, 5.41) is 91.9. The number of carboxylic acid groups (broad SMARTS) is 1. The van der Waals surface area contributed by atoms with Gasteiger partial charge in [0, 0.05) is 80.8 Å². The third-order valence-corrected chi connectivity index (χ3v) is 18.8. The van der Waals surface area contributed by atoms with Gasteiger partial charge >= 0.3 is 5.97 Å². The highest BCUT2D eigenvalue weighted by Crippen LogP contribution is 2.36. The van der Waals surface area contributed by atoms with Crippen LogP contribution < -0.4 is 26.6 Å². The number of carbonyl (C=O) groups excluding carboxylic acids is 7. The number of ether oxygens (including phenoxy) is 4. The largest absolute Gasteiger partial charge is 0.477 e. The molecular weight excluding hydrogens is 1290 g/mol. The van der Waals surface area contributed by atoms with E-state index in [4.69, 9.17) is 18.9 Å². The Bertz CT molecular complexity index is 3630. The molecule has 2 saturated heterocycles. The van der Waals surface area contributed by atoms with Gasteiger partial charge in [0.15, 0.2) is 12.1 Å². The molecule has 6 aromatic carbocycles. The summed E-state index contributed by atoms with van der Waals surface area (Å²) in [5.41, 5.74) is 5.08. The number of aliphatic hydroxyl groups is 6. The number of benzene rings is 6. The first-order valence-electron chi connectivity index (χ1n) is 31.9. The molecule has 0 aromatic heterocycles. The van der Waals surface area contributed by atoms with E-state index in [0.717, 1.165) is 29.2 Å². The zero-order valence-corrected chi connectivity index (χ0v) is 55.3. The summed E-state index contributed by atoms with van der Waals surface area (Å²) in [5.74, 6) is -6.86. The number of hydrogen-bond acceptors (Lipinski definition) is 20. The van der Waals surface area contributed by atoms with Crippen LogP contribution in [0.15, 0.2) is 146 Å². The van der Waals surface area contributed by atoms with E-state index >= 15 is 0 Å². The summed E-state index contributed by atoms with van der Waals surface area (Å²) < 4.78 is 23.6. The van der Waals surface area contributed by atoms with E-state index in [1.807, 2.05) is 60.7 Å². The zero-order chi connectivity index (χ0) is 69.7. The highest BCUT2D eigenvalue weighted by Gasteiger charge is 2.56. The van der Waals surface area contributed by atoms with Crippen molar-refractivity contribution in [2.45, 2.75) is 125 Å². The Morgan fingerprint density at radius 2 is 0.979 bits per heavy atom. The molecule has 2 aliphatic heterocycles. The van der Waals surface area contributed by atoms with Gasteiger partial charge in [0.25, 0.3) is 23.5 Å². The molecule has 97 heavy (non-hydrogen) atoms. The van der Waals surface area contributed by atoms with Crippen LogP contribution >= 0.6 is 23.5 Å². The van der Waals surface area contributed by atoms with Crippen LogP contribution in [0, 0.1) is 0 Å². The van der Waals surface area contributed by atoms with Crippen molar-refractivity contribution in [1.82, 2.24) is 26.6 Å². The van der Waals surface area contributed by atoms with Gasteiger partial charge in [-0.3, -0.25) is 33.6 Å². The molecule has 12 atom stereocenters. The summed E-state index contributed by atoms with van der Waals surface area (Å²) in [6.07, 6.45) is -12.7. The molecule has 0 bridgehead atoms. The molecule has 2 fully saturated rings. The Hall–Kier alpha value is -7.96. The molecule has 518 valence electrons. The first kappa shape index (κ1) is 74.8. The van der Waals surface area contributed by atoms with Crippen LogP contribution in [0.4, 0.5) is 0 Å². The predicted molar refractivity (Wildman–Crippen MR) is 363 cm³/mol. The molecular formula is C71H83N5O19S2. The highest BCUT2D eigenvalue weighted by atomic mass is 32.2. The molecule has 0 aliphatic carbocycles. The lowest BCUT2D eigenvalue weighted by molar-refractivity contribution is -0.310. The number of hydrogen-bond donors (Lipinski definition) is 12. The van der Waals surface area contributed by atoms with Crippen molar-refractivity contribution in [3.63, 3.8) is 0 Å². The molecule has 5 amide bonds. The van der Waals surface area contributed by atoms with Crippen LogP contribution in [0.5, 0.6) is 0 Å². The van der Waals surface area contributed by atoms with Gasteiger partial charge in [-0.25, -0.2) is 4.79 Å². The van der Waals surface area contributed by atoms with Gasteiger partial charge in [0.2, 0.25) is 17.6 Å². The molecule has 2 heterocycles. The molecule has 2 aliphatic rings. The number of rotatable bonds is 35. The molecule has 12 N–H and O–H groups in total. The third-order valence-electron chi connectivity index (χ3n) is 16.6. The van der Waals surface area contributed by atoms with Gasteiger partial charge in [-0.1, -0.05) is 109 Å². The van der Waals surface area contributed by atoms with E-state index < -0.39 is 128 Å². The minimum atomic E-state index is -2.48. The molecule has 6 aromatic rings. The SMILES string of the molecule is CC(=O)N[C@H]1[C@H]([C@H](O)[C@H](O)CNC(=O)c2ccc(-c3ccccc3)cc2)O[C@](C=O)(OCCCSCCNC(=O)c2ccc(C(=O)CCCSCCCO[C@]3(C(=O)O)C[C@H](O)[C@@H](NC(C)=O)[C@H]([C@H](O)[C@H](O)CNC(=O)c4ccc(-c5ccccc5)cc4)O3)c3ccccc23)C[C@@H]1O. The first-order chi connectivity index (χ1) is 46.6. The quantitative estimate of drug-likeness (QED) is 0.0149. The number of aldehydes is 1. The van der Waals surface area contributed by atoms with Crippen molar-refractivity contribution < 1.29 is 93.0 Å². The van der Waals surface area contributed by atoms with E-state index in [1.54, 1.807) is 84.9 Å². The lowest BCUT2D eigenvalue weighted by Gasteiger charge is -2.46. The van der Waals surface area contributed by atoms with Gasteiger partial charge in [0.1, 0.15) is 24.4 Å². The van der Waals surface area contributed by atoms with Gasteiger partial charge < -0.3 is 81.3 Å². The number of ketones is 1. The van der Waals surface area contributed by atoms with Crippen LogP contribution in [0.2, 0.25) is 0 Å². The monoisotopic (exact) mass is 1370 g/mol. The Labute approximate surface area is 569 Å². The van der Waals surface area contributed by atoms with Crippen LogP contribution in [0.1, 0.15) is 93.8 Å². The molecule has 26 heteroatoms. The number of nitrogens with one attached hydrogen (secondary N) is 5. The average molecular weight is 1370 g/mol. The van der Waals surface area contributed by atoms with Crippen molar-refractivity contribution in [3.8, 4) is 22.3 Å². The first-order valence-corrected chi connectivity index (χ1v) is 34.3. The van der Waals surface area contributed by atoms with Crippen LogP contribution in [0.25, 0.3) is 33.0 Å². The Balaban J connectivity index is 0.736. The fraction of sp³-hybridized carbons (Fsp3) is 0.408. The van der Waals surface area contributed by atoms with E-state index in [9.17, 15) is 74.1 Å². The minimum absolute atomic E-state index is 0.0278. The molecule has 8 rings (SSSR count). The smallest absolute Gasteiger partial charge is 0.364 e. The van der Waals surface area contributed by atoms with E-state index in [1.165, 1.54) is 30.4 Å². The maximum Gasteiger partial charge on any atom is 0.364 e. The maximum absolute atomic E-state index is 13.7. The molecule has 0 radical (unpaired) electrons. The van der Waals surface area contributed by atoms with Gasteiger partial charge in [-0.05, 0) is 106 Å². The highest BCUT2D eigenvalue weighted by molar-refractivity contribution is 7.99. The Morgan fingerprint density at radius 1 is 0.536 bits per heavy atom. The number of thioether (sulfide) groups is 2. The summed E-state index contributed by atoms with van der Waals surface area (Å²) in [7, 11) is 0. The third kappa shape index (κ3) is 20.3. The number of Topliss-reactive ketones (excluding diaryl/α,β-unsaturated/α-hetero) is 1. The fourth-order valence-corrected chi connectivity index (χ4v) is 13.2. The Morgan fingerprint density at radius 3 is 1.48 bits per heavy atom. The number of amides is 5. The second kappa shape index (κ2) is 36.0.